The fourth-order valence-corrected chi connectivity index (χ4v) is 1.63. The number of carbonyl (C=O) groups is 2. The molecule has 0 heterocycles. The Labute approximate surface area is 87.1 Å². The molecule has 0 amide bonds. The molecule has 0 saturated heterocycles. The Bertz CT molecular complexity index is 167. The van der Waals surface area contributed by atoms with Gasteiger partial charge in [0.15, 0.2) is 0 Å². The second-order valence-corrected chi connectivity index (χ2v) is 3.77. The Balaban J connectivity index is 4.25. The molecule has 82 valence electrons. The summed E-state index contributed by atoms with van der Waals surface area (Å²) in [6.07, 6.45) is 4.45. The van der Waals surface area contributed by atoms with Crippen molar-refractivity contribution in [1.29, 1.82) is 0 Å². The lowest BCUT2D eigenvalue weighted by atomic mass is 9.89. The van der Waals surface area contributed by atoms with Crippen molar-refractivity contribution in [2.24, 2.45) is 5.92 Å². The van der Waals surface area contributed by atoms with Crippen LogP contribution in [0.15, 0.2) is 0 Å². The molecule has 0 saturated carbocycles. The Morgan fingerprint density at radius 1 is 0.857 bits per heavy atom. The quantitative estimate of drug-likeness (QED) is 0.561. The molecule has 0 unspecified atom stereocenters. The Morgan fingerprint density at radius 2 is 1.29 bits per heavy atom. The lowest BCUT2D eigenvalue weighted by Crippen LogP contribution is -2.23. The molecule has 0 aromatic heterocycles. The second-order valence-electron chi connectivity index (χ2n) is 3.77. The van der Waals surface area contributed by atoms with Crippen molar-refractivity contribution in [1.82, 2.24) is 0 Å². The van der Waals surface area contributed by atoms with E-state index in [1.807, 2.05) is 20.8 Å². The minimum Gasteiger partial charge on any atom is -0.299 e. The first-order valence-corrected chi connectivity index (χ1v) is 5.72. The molecule has 0 aliphatic rings. The highest BCUT2D eigenvalue weighted by Crippen LogP contribution is 2.15. The maximum atomic E-state index is 11.6. The monoisotopic (exact) mass is 198 g/mol. The van der Waals surface area contributed by atoms with Crippen molar-refractivity contribution in [2.45, 2.75) is 59.3 Å². The zero-order chi connectivity index (χ0) is 11.0. The van der Waals surface area contributed by atoms with E-state index in [0.29, 0.717) is 12.8 Å². The van der Waals surface area contributed by atoms with Gasteiger partial charge in [0.2, 0.25) is 0 Å². The summed E-state index contributed by atoms with van der Waals surface area (Å²) in [4.78, 5) is 23.3. The number of hydrogen-bond acceptors (Lipinski definition) is 2. The van der Waals surface area contributed by atoms with Crippen molar-refractivity contribution in [3.8, 4) is 0 Å². The smallest absolute Gasteiger partial charge is 0.143 e. The number of rotatable bonds is 8. The van der Waals surface area contributed by atoms with Crippen LogP contribution in [-0.2, 0) is 9.59 Å². The topological polar surface area (TPSA) is 34.1 Å². The highest BCUT2D eigenvalue weighted by molar-refractivity contribution is 6.02. The van der Waals surface area contributed by atoms with Crippen molar-refractivity contribution in [3.63, 3.8) is 0 Å². The van der Waals surface area contributed by atoms with E-state index in [1.165, 1.54) is 0 Å². The van der Waals surface area contributed by atoms with E-state index in [0.717, 1.165) is 25.7 Å². The van der Waals surface area contributed by atoms with Gasteiger partial charge in [-0.2, -0.15) is 0 Å². The second kappa shape index (κ2) is 7.72. The first-order chi connectivity index (χ1) is 6.67. The molecule has 0 spiro atoms. The van der Waals surface area contributed by atoms with Gasteiger partial charge in [-0.1, -0.05) is 27.2 Å². The minimum atomic E-state index is -0.306. The standard InChI is InChI=1S/C12H22O2/c1-4-7-10(11(13)8-5-2)12(14)9-6-3/h10H,4-9H2,1-3H3. The molecule has 14 heavy (non-hydrogen) atoms. The lowest BCUT2D eigenvalue weighted by molar-refractivity contribution is -0.133. The van der Waals surface area contributed by atoms with Gasteiger partial charge in [-0.05, 0) is 19.3 Å². The molecule has 0 N–H and O–H groups in total. The van der Waals surface area contributed by atoms with Crippen LogP contribution in [0.2, 0.25) is 0 Å². The maximum Gasteiger partial charge on any atom is 0.143 e. The van der Waals surface area contributed by atoms with Crippen molar-refractivity contribution >= 4 is 11.6 Å². The Morgan fingerprint density at radius 3 is 1.57 bits per heavy atom. The summed E-state index contributed by atoms with van der Waals surface area (Å²) in [6, 6.07) is 0. The molecular weight excluding hydrogens is 176 g/mol. The van der Waals surface area contributed by atoms with Crippen LogP contribution in [0.1, 0.15) is 59.3 Å². The number of ketones is 2. The van der Waals surface area contributed by atoms with E-state index in [9.17, 15) is 9.59 Å². The minimum absolute atomic E-state index is 0.146. The molecule has 0 aromatic carbocycles. The first kappa shape index (κ1) is 13.3. The molecule has 0 aliphatic heterocycles. The Kier molecular flexibility index (Phi) is 7.35. The van der Waals surface area contributed by atoms with E-state index < -0.39 is 0 Å². The van der Waals surface area contributed by atoms with Crippen LogP contribution in [0.4, 0.5) is 0 Å². The molecule has 0 rings (SSSR count). The van der Waals surface area contributed by atoms with Crippen LogP contribution < -0.4 is 0 Å². The zero-order valence-electron chi connectivity index (χ0n) is 9.64. The number of hydrogen-bond donors (Lipinski definition) is 0. The van der Waals surface area contributed by atoms with E-state index in [2.05, 4.69) is 0 Å². The molecule has 0 radical (unpaired) electrons. The van der Waals surface area contributed by atoms with E-state index in [4.69, 9.17) is 0 Å². The van der Waals surface area contributed by atoms with Gasteiger partial charge in [-0.3, -0.25) is 9.59 Å². The van der Waals surface area contributed by atoms with Gasteiger partial charge >= 0.3 is 0 Å². The number of Topliss-reactive ketones (excluding diaryl/α,β-unsaturated/α-hetero) is 2. The molecule has 0 aromatic rings. The molecular formula is C12H22O2. The van der Waals surface area contributed by atoms with Crippen molar-refractivity contribution in [2.75, 3.05) is 0 Å². The highest BCUT2D eigenvalue weighted by Gasteiger charge is 2.23. The van der Waals surface area contributed by atoms with Crippen LogP contribution in [-0.4, -0.2) is 11.6 Å². The molecule has 2 nitrogen and oxygen atoms in total. The predicted molar refractivity (Wildman–Crippen MR) is 58.2 cm³/mol. The van der Waals surface area contributed by atoms with Gasteiger partial charge in [0.1, 0.15) is 11.6 Å². The van der Waals surface area contributed by atoms with Gasteiger partial charge in [0, 0.05) is 12.8 Å². The lowest BCUT2D eigenvalue weighted by Gasteiger charge is -2.12. The average Bonchev–Trinajstić information content (AvgIpc) is 2.14. The predicted octanol–water partition coefficient (Wildman–Crippen LogP) is 3.14. The van der Waals surface area contributed by atoms with E-state index in [1.54, 1.807) is 0 Å². The molecule has 0 aliphatic carbocycles. The van der Waals surface area contributed by atoms with Crippen molar-refractivity contribution < 1.29 is 9.59 Å². The van der Waals surface area contributed by atoms with Crippen LogP contribution in [0, 0.1) is 5.92 Å². The summed E-state index contributed by atoms with van der Waals surface area (Å²) in [5.41, 5.74) is 0. The zero-order valence-corrected chi connectivity index (χ0v) is 9.64. The molecule has 0 bridgehead atoms. The summed E-state index contributed by atoms with van der Waals surface area (Å²) in [5.74, 6) is -0.0134. The van der Waals surface area contributed by atoms with Gasteiger partial charge in [-0.15, -0.1) is 0 Å². The third kappa shape index (κ3) is 4.54. The fourth-order valence-electron chi connectivity index (χ4n) is 1.63. The van der Waals surface area contributed by atoms with Crippen LogP contribution in [0.25, 0.3) is 0 Å². The average molecular weight is 198 g/mol. The third-order valence-electron chi connectivity index (χ3n) is 2.35. The highest BCUT2D eigenvalue weighted by atomic mass is 16.1. The molecule has 0 fully saturated rings. The Hall–Kier alpha value is -0.660. The van der Waals surface area contributed by atoms with Gasteiger partial charge in [-0.25, -0.2) is 0 Å². The van der Waals surface area contributed by atoms with E-state index in [-0.39, 0.29) is 17.5 Å². The van der Waals surface area contributed by atoms with Crippen molar-refractivity contribution in [3.05, 3.63) is 0 Å². The summed E-state index contributed by atoms with van der Waals surface area (Å²) in [6.45, 7) is 5.97. The van der Waals surface area contributed by atoms with Gasteiger partial charge < -0.3 is 0 Å². The molecule has 2 heteroatoms. The van der Waals surface area contributed by atoms with Gasteiger partial charge in [0.25, 0.3) is 0 Å². The van der Waals surface area contributed by atoms with E-state index >= 15 is 0 Å². The summed E-state index contributed by atoms with van der Waals surface area (Å²) in [5, 5.41) is 0. The number of carbonyl (C=O) groups excluding carboxylic acids is 2. The van der Waals surface area contributed by atoms with Crippen LogP contribution in [0.3, 0.4) is 0 Å². The fraction of sp³-hybridized carbons (Fsp3) is 0.833. The van der Waals surface area contributed by atoms with Gasteiger partial charge in [0.05, 0.1) is 5.92 Å². The molecule has 0 atom stereocenters. The largest absolute Gasteiger partial charge is 0.299 e. The summed E-state index contributed by atoms with van der Waals surface area (Å²) < 4.78 is 0. The first-order valence-electron chi connectivity index (χ1n) is 5.72. The summed E-state index contributed by atoms with van der Waals surface area (Å²) in [7, 11) is 0. The normalized spacial score (nSPS) is 10.6. The van der Waals surface area contributed by atoms with Crippen LogP contribution in [0.5, 0.6) is 0 Å². The third-order valence-corrected chi connectivity index (χ3v) is 2.35. The summed E-state index contributed by atoms with van der Waals surface area (Å²) >= 11 is 0. The SMILES string of the molecule is CCCC(=O)C(CCC)C(=O)CCC. The maximum absolute atomic E-state index is 11.6. The van der Waals surface area contributed by atoms with Crippen LogP contribution >= 0.6 is 0 Å².